The maximum Gasteiger partial charge on any atom is 0.304 e. The molecule has 1 amide bonds. The normalized spacial score (nSPS) is 9.50. The lowest BCUT2D eigenvalue weighted by Gasteiger charge is -2.06. The minimum absolute atomic E-state index is 0.219. The zero-order valence-electron chi connectivity index (χ0n) is 6.37. The average Bonchev–Trinajstić information content (AvgIpc) is 1.96. The van der Waals surface area contributed by atoms with Crippen molar-refractivity contribution < 1.29 is 9.52 Å². The van der Waals surface area contributed by atoms with E-state index in [9.17, 15) is 10.0 Å². The quantitative estimate of drug-likeness (QED) is 0.579. The first-order valence-corrected chi connectivity index (χ1v) is 4.05. The van der Waals surface area contributed by atoms with E-state index < -0.39 is 0 Å². The summed E-state index contributed by atoms with van der Waals surface area (Å²) in [7, 11) is 0. The predicted octanol–water partition coefficient (Wildman–Crippen LogP) is 1.04. The van der Waals surface area contributed by atoms with Gasteiger partial charge >= 0.3 is 5.91 Å². The average molecular weight is 231 g/mol. The lowest BCUT2D eigenvalue weighted by Crippen LogP contribution is -2.31. The molecule has 0 bridgehead atoms. The van der Waals surface area contributed by atoms with Gasteiger partial charge < -0.3 is 5.21 Å². The predicted molar refractivity (Wildman–Crippen MR) is 47.4 cm³/mol. The Morgan fingerprint density at radius 1 is 1.75 bits per heavy atom. The Morgan fingerprint density at radius 3 is 3.00 bits per heavy atom. The number of nitrogens with one attached hydrogen (secondary N) is 1. The lowest BCUT2D eigenvalue weighted by molar-refractivity contribution is -0.590. The Morgan fingerprint density at radius 2 is 2.42 bits per heavy atom. The first kappa shape index (κ1) is 8.99. The molecule has 1 aromatic heterocycles. The summed E-state index contributed by atoms with van der Waals surface area (Å²) in [5.41, 5.74) is 0. The van der Waals surface area contributed by atoms with Crippen LogP contribution in [0.3, 0.4) is 0 Å². The van der Waals surface area contributed by atoms with Gasteiger partial charge in [-0.25, -0.2) is 14.8 Å². The Labute approximate surface area is 77.9 Å². The van der Waals surface area contributed by atoms with Crippen LogP contribution in [0.5, 0.6) is 0 Å². The maximum absolute atomic E-state index is 11.0. The number of anilines is 1. The fourth-order valence-electron chi connectivity index (χ4n) is 0.733. The van der Waals surface area contributed by atoms with Gasteiger partial charge in [-0.3, -0.25) is 0 Å². The molecular weight excluding hydrogens is 224 g/mol. The first-order chi connectivity index (χ1) is 5.59. The molecule has 1 N–H and O–H groups in total. The molecule has 0 saturated carbocycles. The third-order valence-corrected chi connectivity index (χ3v) is 1.68. The number of carbonyl (C=O) groups excluding carboxylic acids is 1. The second kappa shape index (κ2) is 3.53. The molecule has 12 heavy (non-hydrogen) atoms. The summed E-state index contributed by atoms with van der Waals surface area (Å²) in [4.78, 5) is 10.6. The van der Waals surface area contributed by atoms with Crippen LogP contribution in [0.4, 0.5) is 5.82 Å². The molecule has 0 radical (unpaired) electrons. The van der Waals surface area contributed by atoms with Crippen molar-refractivity contribution in [3.05, 3.63) is 28.0 Å². The third-order valence-electron chi connectivity index (χ3n) is 1.19. The highest BCUT2D eigenvalue weighted by molar-refractivity contribution is 9.10. The van der Waals surface area contributed by atoms with Gasteiger partial charge in [-0.15, -0.1) is 0 Å². The molecule has 0 unspecified atom stereocenters. The minimum Gasteiger partial charge on any atom is -0.711 e. The van der Waals surface area contributed by atoms with Crippen molar-refractivity contribution in [3.8, 4) is 0 Å². The van der Waals surface area contributed by atoms with E-state index >= 15 is 0 Å². The zero-order valence-corrected chi connectivity index (χ0v) is 7.96. The van der Waals surface area contributed by atoms with Gasteiger partial charge in [0.15, 0.2) is 0 Å². The number of rotatable bonds is 1. The van der Waals surface area contributed by atoms with Crippen molar-refractivity contribution >= 4 is 27.7 Å². The van der Waals surface area contributed by atoms with Crippen molar-refractivity contribution in [1.29, 1.82) is 0 Å². The fraction of sp³-hybridized carbons (Fsp3) is 0.143. The molecule has 4 nitrogen and oxygen atoms in total. The summed E-state index contributed by atoms with van der Waals surface area (Å²) in [6, 6.07) is 3.13. The van der Waals surface area contributed by atoms with Gasteiger partial charge in [-0.2, -0.15) is 0 Å². The van der Waals surface area contributed by atoms with Crippen LogP contribution < -0.4 is 10.0 Å². The number of hydrogen-bond donors (Lipinski definition) is 1. The van der Waals surface area contributed by atoms with E-state index in [-0.39, 0.29) is 11.7 Å². The summed E-state index contributed by atoms with van der Waals surface area (Å²) in [5, 5.41) is 13.4. The van der Waals surface area contributed by atoms with E-state index in [0.29, 0.717) is 4.73 Å². The highest BCUT2D eigenvalue weighted by Gasteiger charge is 2.06. The number of amides is 1. The van der Waals surface area contributed by atoms with Gasteiger partial charge in [-0.05, 0) is 6.07 Å². The second-order valence-electron chi connectivity index (χ2n) is 2.24. The molecule has 64 valence electrons. The molecule has 0 aliphatic rings. The Hall–Kier alpha value is -1.10. The van der Waals surface area contributed by atoms with Crippen LogP contribution in [-0.2, 0) is 4.79 Å². The number of halogens is 1. The molecule has 0 spiro atoms. The van der Waals surface area contributed by atoms with Gasteiger partial charge in [-0.1, -0.05) is 15.9 Å². The molecule has 5 heteroatoms. The van der Waals surface area contributed by atoms with Gasteiger partial charge in [0.1, 0.15) is 0 Å². The highest BCUT2D eigenvalue weighted by atomic mass is 79.9. The van der Waals surface area contributed by atoms with Crippen molar-refractivity contribution in [1.82, 2.24) is 0 Å². The molecule has 0 atom stereocenters. The number of hydrogen-bond acceptors (Lipinski definition) is 2. The van der Waals surface area contributed by atoms with E-state index in [1.807, 2.05) is 0 Å². The van der Waals surface area contributed by atoms with Crippen molar-refractivity contribution in [2.45, 2.75) is 6.92 Å². The first-order valence-electron chi connectivity index (χ1n) is 3.26. The molecule has 1 rings (SSSR count). The number of nitrogens with zero attached hydrogens (tertiary/aromatic N) is 1. The highest BCUT2D eigenvalue weighted by Crippen LogP contribution is 2.10. The van der Waals surface area contributed by atoms with Crippen molar-refractivity contribution in [2.75, 3.05) is 5.32 Å². The van der Waals surface area contributed by atoms with E-state index in [1.54, 1.807) is 6.07 Å². The molecular formula is C7H7BrN2O2. The standard InChI is InChI=1S/C7H7BrN2O2/c1-5(11)9-7-4-6(8)2-3-10(7)12/h2-4H,1H3,(H,9,11). The monoisotopic (exact) mass is 230 g/mol. The van der Waals surface area contributed by atoms with Crippen LogP contribution >= 0.6 is 15.9 Å². The molecule has 1 aromatic rings. The molecule has 0 fully saturated rings. The van der Waals surface area contributed by atoms with E-state index in [2.05, 4.69) is 21.2 Å². The molecule has 0 aliphatic carbocycles. The minimum atomic E-state index is -0.266. The lowest BCUT2D eigenvalue weighted by atomic mass is 10.4. The summed E-state index contributed by atoms with van der Waals surface area (Å²) in [5.74, 6) is -0.0467. The number of carbonyl (C=O) groups is 1. The third kappa shape index (κ3) is 2.20. The summed E-state index contributed by atoms with van der Waals surface area (Å²) >= 11 is 3.18. The molecule has 0 aromatic carbocycles. The fourth-order valence-corrected chi connectivity index (χ4v) is 1.07. The Bertz CT molecular complexity index is 314. The summed E-state index contributed by atoms with van der Waals surface area (Å²) < 4.78 is 1.34. The Kier molecular flexibility index (Phi) is 2.65. The largest absolute Gasteiger partial charge is 0.711 e. The van der Waals surface area contributed by atoms with Gasteiger partial charge in [0, 0.05) is 17.5 Å². The van der Waals surface area contributed by atoms with Crippen molar-refractivity contribution in [3.63, 3.8) is 0 Å². The second-order valence-corrected chi connectivity index (χ2v) is 3.15. The summed E-state index contributed by atoms with van der Waals surface area (Å²) in [6.45, 7) is 1.35. The van der Waals surface area contributed by atoms with Crippen LogP contribution in [0, 0.1) is 5.21 Å². The van der Waals surface area contributed by atoms with Crippen LogP contribution in [-0.4, -0.2) is 5.91 Å². The Balaban J connectivity index is 2.97. The van der Waals surface area contributed by atoms with Crippen molar-refractivity contribution in [2.24, 2.45) is 0 Å². The molecule has 1 heterocycles. The smallest absolute Gasteiger partial charge is 0.304 e. The van der Waals surface area contributed by atoms with Gasteiger partial charge in [0.05, 0.1) is 6.20 Å². The van der Waals surface area contributed by atoms with E-state index in [4.69, 9.17) is 0 Å². The van der Waals surface area contributed by atoms with Crippen LogP contribution in [0.1, 0.15) is 6.92 Å². The van der Waals surface area contributed by atoms with Crippen LogP contribution in [0.25, 0.3) is 0 Å². The summed E-state index contributed by atoms with van der Waals surface area (Å²) in [6.07, 6.45) is 1.31. The van der Waals surface area contributed by atoms with Gasteiger partial charge in [0.2, 0.25) is 0 Å². The number of aromatic nitrogens is 1. The SMILES string of the molecule is CC(=O)Nc1cc(Br)cc[n+]1[O-]. The molecule has 0 aliphatic heterocycles. The number of pyridine rings is 1. The van der Waals surface area contributed by atoms with E-state index in [0.717, 1.165) is 4.47 Å². The van der Waals surface area contributed by atoms with Gasteiger partial charge in [0.25, 0.3) is 5.82 Å². The zero-order chi connectivity index (χ0) is 9.14. The topological polar surface area (TPSA) is 56.0 Å². The van der Waals surface area contributed by atoms with Crippen LogP contribution in [0.2, 0.25) is 0 Å². The molecule has 0 saturated heterocycles. The van der Waals surface area contributed by atoms with Crippen LogP contribution in [0.15, 0.2) is 22.8 Å². The van der Waals surface area contributed by atoms with E-state index in [1.165, 1.54) is 19.2 Å². The maximum atomic E-state index is 11.0.